The van der Waals surface area contributed by atoms with Gasteiger partial charge in [0.2, 0.25) is 5.91 Å². The van der Waals surface area contributed by atoms with E-state index in [1.54, 1.807) is 0 Å². The van der Waals surface area contributed by atoms with Crippen molar-refractivity contribution in [1.82, 2.24) is 10.6 Å². The van der Waals surface area contributed by atoms with Crippen molar-refractivity contribution in [1.29, 1.82) is 0 Å². The lowest BCUT2D eigenvalue weighted by Gasteiger charge is -2.54. The Hall–Kier alpha value is -0.570. The van der Waals surface area contributed by atoms with E-state index >= 15 is 0 Å². The number of nitrogens with one attached hydrogen (secondary N) is 2. The van der Waals surface area contributed by atoms with E-state index in [1.807, 2.05) is 0 Å². The summed E-state index contributed by atoms with van der Waals surface area (Å²) in [6, 6.07) is 0.355. The molecule has 0 aromatic heterocycles. The molecule has 0 spiro atoms. The van der Waals surface area contributed by atoms with Gasteiger partial charge in [0.05, 0.1) is 0 Å². The fraction of sp³-hybridized carbons (Fsp3) is 0.941. The lowest BCUT2D eigenvalue weighted by molar-refractivity contribution is -0.139. The predicted octanol–water partition coefficient (Wildman–Crippen LogP) is 2.17. The lowest BCUT2D eigenvalue weighted by atomic mass is 9.51. The highest BCUT2D eigenvalue weighted by molar-refractivity contribution is 5.80. The van der Waals surface area contributed by atoms with Crippen LogP contribution in [-0.2, 0) is 4.79 Å². The second-order valence-corrected chi connectivity index (χ2v) is 8.04. The van der Waals surface area contributed by atoms with Crippen LogP contribution in [-0.4, -0.2) is 25.0 Å². The minimum absolute atomic E-state index is 0.344. The monoisotopic (exact) mass is 276 g/mol. The molecule has 1 heterocycles. The number of amides is 1. The molecule has 1 saturated heterocycles. The fourth-order valence-corrected chi connectivity index (χ4v) is 5.82. The third-order valence-electron chi connectivity index (χ3n) is 6.68. The predicted molar refractivity (Wildman–Crippen MR) is 79.1 cm³/mol. The summed E-state index contributed by atoms with van der Waals surface area (Å²) in [5.41, 5.74) is 0. The molecule has 4 saturated carbocycles. The van der Waals surface area contributed by atoms with Gasteiger partial charge in [-0.05, 0) is 74.7 Å². The van der Waals surface area contributed by atoms with E-state index in [1.165, 1.54) is 38.5 Å². The van der Waals surface area contributed by atoms with Gasteiger partial charge in [0.25, 0.3) is 0 Å². The van der Waals surface area contributed by atoms with Crippen molar-refractivity contribution in [3.8, 4) is 0 Å². The minimum Gasteiger partial charge on any atom is -0.352 e. The molecule has 5 aliphatic rings. The number of carbonyl (C=O) groups is 1. The first-order valence-electron chi connectivity index (χ1n) is 8.71. The van der Waals surface area contributed by atoms with Crippen LogP contribution in [0.25, 0.3) is 0 Å². The van der Waals surface area contributed by atoms with Crippen molar-refractivity contribution in [3.63, 3.8) is 0 Å². The van der Waals surface area contributed by atoms with Crippen LogP contribution in [0.15, 0.2) is 0 Å². The molecule has 0 aromatic carbocycles. The van der Waals surface area contributed by atoms with Crippen molar-refractivity contribution in [2.24, 2.45) is 35.5 Å². The Morgan fingerprint density at radius 2 is 1.70 bits per heavy atom. The zero-order chi connectivity index (χ0) is 13.7. The molecule has 1 amide bonds. The van der Waals surface area contributed by atoms with Crippen molar-refractivity contribution in [2.75, 3.05) is 13.1 Å². The van der Waals surface area contributed by atoms with Crippen LogP contribution in [0.3, 0.4) is 0 Å². The summed E-state index contributed by atoms with van der Waals surface area (Å²) in [5, 5.41) is 6.82. The zero-order valence-corrected chi connectivity index (χ0v) is 12.6. The molecule has 2 N–H and O–H groups in total. The smallest absolute Gasteiger partial charge is 0.223 e. The SMILES string of the molecule is CC1CCNCC1NC(=O)C1C2CC3CC(C2)CC1C3. The maximum atomic E-state index is 12.8. The molecule has 3 heteroatoms. The van der Waals surface area contributed by atoms with E-state index in [2.05, 4.69) is 17.6 Å². The number of rotatable bonds is 2. The summed E-state index contributed by atoms with van der Waals surface area (Å²) in [6.07, 6.45) is 8.00. The lowest BCUT2D eigenvalue weighted by Crippen LogP contribution is -2.56. The molecule has 1 aliphatic heterocycles. The highest BCUT2D eigenvalue weighted by Crippen LogP contribution is 2.56. The molecule has 2 unspecified atom stereocenters. The van der Waals surface area contributed by atoms with E-state index in [-0.39, 0.29) is 0 Å². The summed E-state index contributed by atoms with van der Waals surface area (Å²) in [7, 11) is 0. The Balaban J connectivity index is 1.43. The summed E-state index contributed by atoms with van der Waals surface area (Å²) >= 11 is 0. The van der Waals surface area contributed by atoms with Crippen molar-refractivity contribution >= 4 is 5.91 Å². The van der Waals surface area contributed by atoms with Crippen molar-refractivity contribution in [3.05, 3.63) is 0 Å². The average molecular weight is 276 g/mol. The fourth-order valence-electron chi connectivity index (χ4n) is 5.82. The van der Waals surface area contributed by atoms with E-state index in [9.17, 15) is 4.79 Å². The van der Waals surface area contributed by atoms with Gasteiger partial charge in [-0.15, -0.1) is 0 Å². The molecule has 4 aliphatic carbocycles. The Bertz CT molecular complexity index is 366. The normalized spacial score (nSPS) is 50.1. The number of carbonyl (C=O) groups excluding carboxylic acids is 1. The average Bonchev–Trinajstić information content (AvgIpc) is 2.40. The second-order valence-electron chi connectivity index (χ2n) is 8.04. The topological polar surface area (TPSA) is 41.1 Å². The zero-order valence-electron chi connectivity index (χ0n) is 12.6. The van der Waals surface area contributed by atoms with Crippen molar-refractivity contribution in [2.45, 2.75) is 51.5 Å². The summed E-state index contributed by atoms with van der Waals surface area (Å²) in [6.45, 7) is 4.34. The molecule has 4 bridgehead atoms. The molecule has 0 aromatic rings. The number of hydrogen-bond donors (Lipinski definition) is 2. The van der Waals surface area contributed by atoms with Gasteiger partial charge in [-0.2, -0.15) is 0 Å². The summed E-state index contributed by atoms with van der Waals surface area (Å²) < 4.78 is 0. The van der Waals surface area contributed by atoms with E-state index in [0.717, 1.165) is 24.9 Å². The van der Waals surface area contributed by atoms with Gasteiger partial charge < -0.3 is 10.6 Å². The largest absolute Gasteiger partial charge is 0.352 e. The Labute approximate surface area is 122 Å². The molecular weight excluding hydrogens is 248 g/mol. The molecule has 2 atom stereocenters. The van der Waals surface area contributed by atoms with E-state index in [0.29, 0.717) is 35.6 Å². The Morgan fingerprint density at radius 3 is 2.30 bits per heavy atom. The molecule has 112 valence electrons. The number of hydrogen-bond acceptors (Lipinski definition) is 2. The minimum atomic E-state index is 0.344. The standard InChI is InChI=1S/C17H28N2O/c1-10-2-3-18-9-15(10)19-17(20)16-13-5-11-4-12(7-13)8-14(16)6-11/h10-16,18H,2-9H2,1H3,(H,19,20). The van der Waals surface area contributed by atoms with Crippen LogP contribution in [0.4, 0.5) is 0 Å². The van der Waals surface area contributed by atoms with Gasteiger partial charge in [0.1, 0.15) is 0 Å². The number of piperidine rings is 1. The Kier molecular flexibility index (Phi) is 3.29. The van der Waals surface area contributed by atoms with Crippen LogP contribution in [0.1, 0.15) is 45.4 Å². The van der Waals surface area contributed by atoms with Gasteiger partial charge in [0.15, 0.2) is 0 Å². The van der Waals surface area contributed by atoms with Crippen LogP contribution < -0.4 is 10.6 Å². The molecular formula is C17H28N2O. The van der Waals surface area contributed by atoms with Crippen LogP contribution in [0.2, 0.25) is 0 Å². The first-order valence-corrected chi connectivity index (χ1v) is 8.71. The van der Waals surface area contributed by atoms with Gasteiger partial charge in [-0.1, -0.05) is 6.92 Å². The highest BCUT2D eigenvalue weighted by atomic mass is 16.2. The third-order valence-corrected chi connectivity index (χ3v) is 6.68. The van der Waals surface area contributed by atoms with Gasteiger partial charge >= 0.3 is 0 Å². The molecule has 20 heavy (non-hydrogen) atoms. The third kappa shape index (κ3) is 2.18. The van der Waals surface area contributed by atoms with Crippen LogP contribution in [0, 0.1) is 35.5 Å². The first kappa shape index (κ1) is 13.1. The van der Waals surface area contributed by atoms with Gasteiger partial charge in [-0.3, -0.25) is 4.79 Å². The molecule has 3 nitrogen and oxygen atoms in total. The van der Waals surface area contributed by atoms with Crippen LogP contribution >= 0.6 is 0 Å². The van der Waals surface area contributed by atoms with E-state index < -0.39 is 0 Å². The highest BCUT2D eigenvalue weighted by Gasteiger charge is 2.51. The van der Waals surface area contributed by atoms with Gasteiger partial charge in [-0.25, -0.2) is 0 Å². The molecule has 0 radical (unpaired) electrons. The summed E-state index contributed by atoms with van der Waals surface area (Å²) in [5.74, 6) is 4.68. The first-order chi connectivity index (χ1) is 9.70. The van der Waals surface area contributed by atoms with Gasteiger partial charge in [0, 0.05) is 18.5 Å². The maximum absolute atomic E-state index is 12.8. The Morgan fingerprint density at radius 1 is 1.05 bits per heavy atom. The molecule has 5 rings (SSSR count). The summed E-state index contributed by atoms with van der Waals surface area (Å²) in [4.78, 5) is 12.8. The van der Waals surface area contributed by atoms with E-state index in [4.69, 9.17) is 0 Å². The van der Waals surface area contributed by atoms with Crippen LogP contribution in [0.5, 0.6) is 0 Å². The quantitative estimate of drug-likeness (QED) is 0.811. The second kappa shape index (κ2) is 5.01. The van der Waals surface area contributed by atoms with Crippen molar-refractivity contribution < 1.29 is 4.79 Å². The maximum Gasteiger partial charge on any atom is 0.223 e. The molecule has 5 fully saturated rings.